The third kappa shape index (κ3) is 7.88. The molecule has 5 heteroatoms. The van der Waals surface area contributed by atoms with Gasteiger partial charge >= 0.3 is 6.09 Å². The van der Waals surface area contributed by atoms with Crippen LogP contribution in [0.3, 0.4) is 0 Å². The maximum Gasteiger partial charge on any atom is 0.410 e. The van der Waals surface area contributed by atoms with Gasteiger partial charge in [0.15, 0.2) is 0 Å². The zero-order valence-corrected chi connectivity index (χ0v) is 15.4. The molecule has 0 spiro atoms. The molecule has 0 aliphatic carbocycles. The van der Waals surface area contributed by atoms with Crippen molar-refractivity contribution in [1.82, 2.24) is 10.2 Å². The normalized spacial score (nSPS) is 17.5. The molecule has 1 aliphatic rings. The van der Waals surface area contributed by atoms with Crippen molar-refractivity contribution in [2.45, 2.75) is 51.7 Å². The van der Waals surface area contributed by atoms with E-state index in [9.17, 15) is 4.79 Å². The van der Waals surface area contributed by atoms with Crippen molar-refractivity contribution in [2.24, 2.45) is 0 Å². The Labute approximate surface area is 151 Å². The third-order valence-electron chi connectivity index (χ3n) is 4.43. The molecule has 1 atom stereocenters. The van der Waals surface area contributed by atoms with Gasteiger partial charge in [-0.25, -0.2) is 4.79 Å². The summed E-state index contributed by atoms with van der Waals surface area (Å²) in [6, 6.07) is 9.76. The Morgan fingerprint density at radius 1 is 1.24 bits per heavy atom. The van der Waals surface area contributed by atoms with Crippen molar-refractivity contribution in [2.75, 3.05) is 32.8 Å². The monoisotopic (exact) mass is 348 g/mol. The van der Waals surface area contributed by atoms with Crippen LogP contribution in [0.4, 0.5) is 4.79 Å². The first kappa shape index (κ1) is 19.7. The predicted octanol–water partition coefficient (Wildman–Crippen LogP) is 3.58. The lowest BCUT2D eigenvalue weighted by Crippen LogP contribution is -2.49. The number of nitrogens with one attached hydrogen (secondary N) is 1. The highest BCUT2D eigenvalue weighted by molar-refractivity contribution is 5.67. The van der Waals surface area contributed by atoms with Gasteiger partial charge in [0.05, 0.1) is 19.3 Å². The highest BCUT2D eigenvalue weighted by atomic mass is 16.6. The van der Waals surface area contributed by atoms with Gasteiger partial charge in [-0.2, -0.15) is 0 Å². The van der Waals surface area contributed by atoms with Crippen molar-refractivity contribution in [3.63, 3.8) is 0 Å². The minimum absolute atomic E-state index is 0.0497. The quantitative estimate of drug-likeness (QED) is 0.657. The first-order valence-corrected chi connectivity index (χ1v) is 9.57. The van der Waals surface area contributed by atoms with Crippen LogP contribution in [-0.2, 0) is 16.1 Å². The Balaban J connectivity index is 1.60. The summed E-state index contributed by atoms with van der Waals surface area (Å²) in [4.78, 5) is 14.0. The minimum Gasteiger partial charge on any atom is -0.445 e. The van der Waals surface area contributed by atoms with E-state index in [4.69, 9.17) is 9.47 Å². The SMILES string of the molecule is CCCCCCCNCC1CN(C(=O)OCc2ccccc2)CCO1. The van der Waals surface area contributed by atoms with E-state index in [2.05, 4.69) is 12.2 Å². The Kier molecular flexibility index (Phi) is 9.37. The number of nitrogens with zero attached hydrogens (tertiary/aromatic N) is 1. The molecule has 1 N–H and O–H groups in total. The molecule has 1 saturated heterocycles. The van der Waals surface area contributed by atoms with E-state index < -0.39 is 0 Å². The van der Waals surface area contributed by atoms with Gasteiger partial charge in [-0.15, -0.1) is 0 Å². The van der Waals surface area contributed by atoms with Crippen LogP contribution in [0, 0.1) is 0 Å². The van der Waals surface area contributed by atoms with Crippen molar-refractivity contribution >= 4 is 6.09 Å². The number of hydrogen-bond donors (Lipinski definition) is 1. The molecule has 1 amide bonds. The minimum atomic E-state index is -0.253. The van der Waals surface area contributed by atoms with E-state index >= 15 is 0 Å². The molecule has 0 aromatic heterocycles. The first-order chi connectivity index (χ1) is 12.3. The van der Waals surface area contributed by atoms with Crippen LogP contribution in [0.5, 0.6) is 0 Å². The fourth-order valence-corrected chi connectivity index (χ4v) is 2.94. The second-order valence-corrected chi connectivity index (χ2v) is 6.60. The molecular formula is C20H32N2O3. The number of morpholine rings is 1. The molecule has 1 aliphatic heterocycles. The molecule has 1 fully saturated rings. The molecule has 140 valence electrons. The topological polar surface area (TPSA) is 50.8 Å². The summed E-state index contributed by atoms with van der Waals surface area (Å²) in [7, 11) is 0. The van der Waals surface area contributed by atoms with Gasteiger partial charge in [0.1, 0.15) is 6.61 Å². The second-order valence-electron chi connectivity index (χ2n) is 6.60. The Morgan fingerprint density at radius 3 is 2.84 bits per heavy atom. The molecular weight excluding hydrogens is 316 g/mol. The number of carbonyl (C=O) groups is 1. The molecule has 0 bridgehead atoms. The van der Waals surface area contributed by atoms with E-state index in [1.807, 2.05) is 30.3 Å². The largest absolute Gasteiger partial charge is 0.445 e. The smallest absolute Gasteiger partial charge is 0.410 e. The third-order valence-corrected chi connectivity index (χ3v) is 4.43. The summed E-state index contributed by atoms with van der Waals surface area (Å²) in [6.45, 7) is 6.12. The van der Waals surface area contributed by atoms with Gasteiger partial charge in [0.25, 0.3) is 0 Å². The van der Waals surface area contributed by atoms with E-state index in [0.717, 1.165) is 18.7 Å². The Morgan fingerprint density at radius 2 is 2.04 bits per heavy atom. The first-order valence-electron chi connectivity index (χ1n) is 9.57. The highest BCUT2D eigenvalue weighted by Crippen LogP contribution is 2.09. The van der Waals surface area contributed by atoms with Crippen LogP contribution < -0.4 is 5.32 Å². The number of hydrogen-bond acceptors (Lipinski definition) is 4. The van der Waals surface area contributed by atoms with Crippen molar-refractivity contribution in [1.29, 1.82) is 0 Å². The molecule has 5 nitrogen and oxygen atoms in total. The van der Waals surface area contributed by atoms with Crippen molar-refractivity contribution in [3.05, 3.63) is 35.9 Å². The number of rotatable bonds is 10. The number of benzene rings is 1. The van der Waals surface area contributed by atoms with Crippen LogP contribution in [0.15, 0.2) is 30.3 Å². The van der Waals surface area contributed by atoms with Gasteiger partial charge in [-0.05, 0) is 18.5 Å². The lowest BCUT2D eigenvalue weighted by atomic mass is 10.1. The van der Waals surface area contributed by atoms with Gasteiger partial charge in [0, 0.05) is 13.1 Å². The van der Waals surface area contributed by atoms with Gasteiger partial charge in [-0.1, -0.05) is 62.9 Å². The molecule has 1 aromatic carbocycles. The molecule has 1 aromatic rings. The lowest BCUT2D eigenvalue weighted by molar-refractivity contribution is -0.0269. The van der Waals surface area contributed by atoms with E-state index in [0.29, 0.717) is 26.3 Å². The summed E-state index contributed by atoms with van der Waals surface area (Å²) in [6.07, 6.45) is 6.20. The Hall–Kier alpha value is -1.59. The fourth-order valence-electron chi connectivity index (χ4n) is 2.94. The lowest BCUT2D eigenvalue weighted by Gasteiger charge is -2.32. The zero-order valence-electron chi connectivity index (χ0n) is 15.4. The van der Waals surface area contributed by atoms with Gasteiger partial charge < -0.3 is 19.7 Å². The number of unbranched alkanes of at least 4 members (excludes halogenated alkanes) is 4. The molecule has 2 rings (SSSR count). The summed E-state index contributed by atoms with van der Waals surface area (Å²) >= 11 is 0. The summed E-state index contributed by atoms with van der Waals surface area (Å²) < 4.78 is 11.2. The van der Waals surface area contributed by atoms with E-state index in [-0.39, 0.29) is 12.2 Å². The van der Waals surface area contributed by atoms with Crippen LogP contribution in [-0.4, -0.2) is 49.9 Å². The molecule has 1 heterocycles. The number of carbonyl (C=O) groups excluding carboxylic acids is 1. The van der Waals surface area contributed by atoms with E-state index in [1.165, 1.54) is 32.1 Å². The maximum absolute atomic E-state index is 12.2. The van der Waals surface area contributed by atoms with Crippen molar-refractivity contribution < 1.29 is 14.3 Å². The molecule has 25 heavy (non-hydrogen) atoms. The van der Waals surface area contributed by atoms with Crippen LogP contribution in [0.25, 0.3) is 0 Å². The van der Waals surface area contributed by atoms with E-state index in [1.54, 1.807) is 4.90 Å². The molecule has 0 saturated carbocycles. The predicted molar refractivity (Wildman–Crippen MR) is 99.6 cm³/mol. The highest BCUT2D eigenvalue weighted by Gasteiger charge is 2.24. The summed E-state index contributed by atoms with van der Waals surface area (Å²) in [5.41, 5.74) is 1.00. The van der Waals surface area contributed by atoms with Crippen LogP contribution in [0.1, 0.15) is 44.6 Å². The van der Waals surface area contributed by atoms with Gasteiger partial charge in [0.2, 0.25) is 0 Å². The maximum atomic E-state index is 12.2. The molecule has 0 radical (unpaired) electrons. The number of ether oxygens (including phenoxy) is 2. The van der Waals surface area contributed by atoms with Crippen LogP contribution >= 0.6 is 0 Å². The van der Waals surface area contributed by atoms with Crippen molar-refractivity contribution in [3.8, 4) is 0 Å². The number of amides is 1. The van der Waals surface area contributed by atoms with Gasteiger partial charge in [-0.3, -0.25) is 0 Å². The summed E-state index contributed by atoms with van der Waals surface area (Å²) in [5, 5.41) is 3.45. The van der Waals surface area contributed by atoms with Crippen LogP contribution in [0.2, 0.25) is 0 Å². The average molecular weight is 348 g/mol. The summed E-state index contributed by atoms with van der Waals surface area (Å²) in [5.74, 6) is 0. The molecule has 1 unspecified atom stereocenters. The zero-order chi connectivity index (χ0) is 17.7. The Bertz CT molecular complexity index is 481. The fraction of sp³-hybridized carbons (Fsp3) is 0.650. The second kappa shape index (κ2) is 11.9. The standard InChI is InChI=1S/C20H32N2O3/c1-2-3-4-5-9-12-21-15-19-16-22(13-14-24-19)20(23)25-17-18-10-7-6-8-11-18/h6-8,10-11,19,21H,2-5,9,12-17H2,1H3. The average Bonchev–Trinajstić information content (AvgIpc) is 2.66.